The van der Waals surface area contributed by atoms with E-state index < -0.39 is 0 Å². The number of nitrogens with zero attached hydrogens (tertiary/aromatic N) is 3. The molecule has 0 saturated carbocycles. The average molecular weight is 395 g/mol. The largest absolute Gasteiger partial charge is 0.497 e. The zero-order chi connectivity index (χ0) is 20.2. The number of rotatable bonds is 8. The first-order chi connectivity index (χ1) is 14.1. The fourth-order valence-electron chi connectivity index (χ4n) is 3.74. The summed E-state index contributed by atoms with van der Waals surface area (Å²) < 4.78 is 18.3. The minimum atomic E-state index is -0.116. The number of carbonyl (C=O) groups is 1. The molecule has 0 aliphatic heterocycles. The summed E-state index contributed by atoms with van der Waals surface area (Å²) in [6.45, 7) is 0.764. The van der Waals surface area contributed by atoms with Crippen molar-refractivity contribution in [1.82, 2.24) is 14.7 Å². The van der Waals surface area contributed by atoms with Crippen molar-refractivity contribution < 1.29 is 18.7 Å². The van der Waals surface area contributed by atoms with Crippen molar-refractivity contribution in [3.8, 4) is 11.5 Å². The van der Waals surface area contributed by atoms with Gasteiger partial charge in [-0.2, -0.15) is 5.10 Å². The van der Waals surface area contributed by atoms with Gasteiger partial charge in [-0.3, -0.25) is 9.48 Å². The monoisotopic (exact) mass is 395 g/mol. The quantitative estimate of drug-likeness (QED) is 0.586. The lowest BCUT2D eigenvalue weighted by Crippen LogP contribution is -2.34. The molecular weight excluding hydrogens is 370 g/mol. The lowest BCUT2D eigenvalue weighted by Gasteiger charge is -2.21. The standard InChI is InChI=1S/C22H25N3O4/c1-24-21-7-3-6-19(21)20(23-24)14-25(13-18-5-4-12-28-18)22(26)15-29-17-10-8-16(27-2)9-11-17/h4-5,8-12H,3,6-7,13-15H2,1-2H3. The van der Waals surface area contributed by atoms with E-state index in [-0.39, 0.29) is 12.5 Å². The molecule has 7 heteroatoms. The van der Waals surface area contributed by atoms with E-state index in [1.165, 1.54) is 11.3 Å². The molecule has 2 aromatic heterocycles. The van der Waals surface area contributed by atoms with Crippen LogP contribution in [0.15, 0.2) is 47.1 Å². The van der Waals surface area contributed by atoms with Crippen LogP contribution in [0, 0.1) is 0 Å². The summed E-state index contributed by atoms with van der Waals surface area (Å²) in [7, 11) is 3.58. The fourth-order valence-corrected chi connectivity index (χ4v) is 3.74. The van der Waals surface area contributed by atoms with Crippen molar-refractivity contribution in [2.75, 3.05) is 13.7 Å². The number of benzene rings is 1. The zero-order valence-corrected chi connectivity index (χ0v) is 16.8. The number of hydrogen-bond acceptors (Lipinski definition) is 5. The first kappa shape index (κ1) is 19.1. The molecule has 0 fully saturated rings. The van der Waals surface area contributed by atoms with E-state index in [4.69, 9.17) is 13.9 Å². The number of fused-ring (bicyclic) bond motifs is 1. The summed E-state index contributed by atoms with van der Waals surface area (Å²) in [6.07, 6.45) is 4.82. The fraction of sp³-hybridized carbons (Fsp3) is 0.364. The third kappa shape index (κ3) is 4.29. The van der Waals surface area contributed by atoms with Crippen LogP contribution in [0.4, 0.5) is 0 Å². The Bertz CT molecular complexity index is 961. The van der Waals surface area contributed by atoms with Gasteiger partial charge >= 0.3 is 0 Å². The van der Waals surface area contributed by atoms with Crippen LogP contribution in [0.1, 0.15) is 29.1 Å². The second kappa shape index (κ2) is 8.43. The summed E-state index contributed by atoms with van der Waals surface area (Å²) in [5.41, 5.74) is 3.52. The summed E-state index contributed by atoms with van der Waals surface area (Å²) >= 11 is 0. The Hall–Kier alpha value is -3.22. The predicted octanol–water partition coefficient (Wildman–Crippen LogP) is 3.12. The third-order valence-corrected chi connectivity index (χ3v) is 5.24. The van der Waals surface area contributed by atoms with Crippen LogP contribution in [0.25, 0.3) is 0 Å². The average Bonchev–Trinajstić information content (AvgIpc) is 3.47. The molecule has 0 saturated heterocycles. The number of methoxy groups -OCH3 is 1. The van der Waals surface area contributed by atoms with Gasteiger partial charge < -0.3 is 18.8 Å². The molecule has 7 nitrogen and oxygen atoms in total. The highest BCUT2D eigenvalue weighted by Gasteiger charge is 2.25. The van der Waals surface area contributed by atoms with E-state index >= 15 is 0 Å². The van der Waals surface area contributed by atoms with Gasteiger partial charge in [0.1, 0.15) is 17.3 Å². The highest BCUT2D eigenvalue weighted by molar-refractivity contribution is 5.77. The van der Waals surface area contributed by atoms with Crippen LogP contribution in [0.3, 0.4) is 0 Å². The van der Waals surface area contributed by atoms with Gasteiger partial charge in [0, 0.05) is 12.7 Å². The van der Waals surface area contributed by atoms with Crippen molar-refractivity contribution in [3.63, 3.8) is 0 Å². The van der Waals surface area contributed by atoms with Gasteiger partial charge in [-0.15, -0.1) is 0 Å². The highest BCUT2D eigenvalue weighted by Crippen LogP contribution is 2.26. The second-order valence-electron chi connectivity index (χ2n) is 7.14. The Labute approximate surface area is 169 Å². The molecule has 4 rings (SSSR count). The number of carbonyl (C=O) groups excluding carboxylic acids is 1. The Kier molecular flexibility index (Phi) is 5.55. The molecule has 3 aromatic rings. The molecule has 0 spiro atoms. The van der Waals surface area contributed by atoms with Gasteiger partial charge in [-0.1, -0.05) is 0 Å². The molecule has 1 aromatic carbocycles. The van der Waals surface area contributed by atoms with E-state index in [0.717, 1.165) is 36.5 Å². The van der Waals surface area contributed by atoms with E-state index in [2.05, 4.69) is 5.10 Å². The van der Waals surface area contributed by atoms with Crippen LogP contribution < -0.4 is 9.47 Å². The van der Waals surface area contributed by atoms with E-state index in [1.54, 1.807) is 42.5 Å². The first-order valence-corrected chi connectivity index (χ1v) is 9.74. The summed E-state index contributed by atoms with van der Waals surface area (Å²) in [4.78, 5) is 14.7. The van der Waals surface area contributed by atoms with Gasteiger partial charge in [0.25, 0.3) is 5.91 Å². The molecule has 152 valence electrons. The maximum Gasteiger partial charge on any atom is 0.261 e. The first-order valence-electron chi connectivity index (χ1n) is 9.74. The van der Waals surface area contributed by atoms with E-state index in [0.29, 0.717) is 18.8 Å². The molecule has 1 aliphatic carbocycles. The van der Waals surface area contributed by atoms with E-state index in [9.17, 15) is 4.79 Å². The Morgan fingerprint density at radius 1 is 1.17 bits per heavy atom. The van der Waals surface area contributed by atoms with Gasteiger partial charge in [0.15, 0.2) is 6.61 Å². The number of aromatic nitrogens is 2. The normalized spacial score (nSPS) is 12.6. The summed E-state index contributed by atoms with van der Waals surface area (Å²) in [5.74, 6) is 1.98. The van der Waals surface area contributed by atoms with Gasteiger partial charge in [-0.25, -0.2) is 0 Å². The zero-order valence-electron chi connectivity index (χ0n) is 16.8. The lowest BCUT2D eigenvalue weighted by molar-refractivity contribution is -0.135. The van der Waals surface area contributed by atoms with Crippen molar-refractivity contribution in [2.24, 2.45) is 7.05 Å². The van der Waals surface area contributed by atoms with Crippen LogP contribution in [0.5, 0.6) is 11.5 Å². The number of aryl methyl sites for hydroxylation is 1. The molecule has 1 amide bonds. The Balaban J connectivity index is 1.47. The lowest BCUT2D eigenvalue weighted by atomic mass is 10.2. The highest BCUT2D eigenvalue weighted by atomic mass is 16.5. The second-order valence-corrected chi connectivity index (χ2v) is 7.14. The maximum absolute atomic E-state index is 13.0. The van der Waals surface area contributed by atoms with Crippen molar-refractivity contribution in [3.05, 3.63) is 65.4 Å². The minimum Gasteiger partial charge on any atom is -0.497 e. The number of ether oxygens (including phenoxy) is 2. The maximum atomic E-state index is 13.0. The number of amides is 1. The van der Waals surface area contributed by atoms with Crippen LogP contribution >= 0.6 is 0 Å². The van der Waals surface area contributed by atoms with Gasteiger partial charge in [0.2, 0.25) is 0 Å². The third-order valence-electron chi connectivity index (χ3n) is 5.24. The van der Waals surface area contributed by atoms with E-state index in [1.807, 2.05) is 23.9 Å². The molecule has 2 heterocycles. The van der Waals surface area contributed by atoms with Crippen LogP contribution in [-0.4, -0.2) is 34.3 Å². The molecule has 29 heavy (non-hydrogen) atoms. The van der Waals surface area contributed by atoms with Gasteiger partial charge in [0.05, 0.1) is 32.2 Å². The van der Waals surface area contributed by atoms with Crippen molar-refractivity contribution >= 4 is 5.91 Å². The molecule has 0 unspecified atom stereocenters. The predicted molar refractivity (Wildman–Crippen MR) is 107 cm³/mol. The molecule has 1 aliphatic rings. The molecular formula is C22H25N3O4. The van der Waals surface area contributed by atoms with Crippen LogP contribution in [-0.2, 0) is 37.8 Å². The molecule has 0 bridgehead atoms. The van der Waals surface area contributed by atoms with Crippen molar-refractivity contribution in [1.29, 1.82) is 0 Å². The van der Waals surface area contributed by atoms with Crippen LogP contribution in [0.2, 0.25) is 0 Å². The van der Waals surface area contributed by atoms with Gasteiger partial charge in [-0.05, 0) is 61.2 Å². The molecule has 0 atom stereocenters. The topological polar surface area (TPSA) is 69.7 Å². The molecule has 0 N–H and O–H groups in total. The summed E-state index contributed by atoms with van der Waals surface area (Å²) in [6, 6.07) is 10.9. The number of hydrogen-bond donors (Lipinski definition) is 0. The SMILES string of the molecule is COc1ccc(OCC(=O)N(Cc2ccco2)Cc2nn(C)c3c2CCC3)cc1. The summed E-state index contributed by atoms with van der Waals surface area (Å²) in [5, 5.41) is 4.66. The number of furan rings is 1. The van der Waals surface area contributed by atoms with Crippen molar-refractivity contribution in [2.45, 2.75) is 32.4 Å². The molecule has 0 radical (unpaired) electrons. The minimum absolute atomic E-state index is 0.0535. The Morgan fingerprint density at radius 2 is 1.97 bits per heavy atom. The Morgan fingerprint density at radius 3 is 2.69 bits per heavy atom. The smallest absolute Gasteiger partial charge is 0.261 e.